The second-order valence-corrected chi connectivity index (χ2v) is 8.37. The van der Waals surface area contributed by atoms with Crippen LogP contribution in [0.1, 0.15) is 25.7 Å². The lowest BCUT2D eigenvalue weighted by atomic mass is 10.2. The van der Waals surface area contributed by atoms with Gasteiger partial charge >= 0.3 is 0 Å². The molecule has 0 amide bonds. The van der Waals surface area contributed by atoms with E-state index in [1.54, 1.807) is 7.11 Å². The molecular formula is C24H42IN5O3. The molecule has 8 nitrogen and oxygen atoms in total. The van der Waals surface area contributed by atoms with Gasteiger partial charge in [0, 0.05) is 65.2 Å². The van der Waals surface area contributed by atoms with Crippen molar-refractivity contribution < 1.29 is 14.2 Å². The van der Waals surface area contributed by atoms with E-state index < -0.39 is 0 Å². The number of nitrogens with one attached hydrogen (secondary N) is 2. The van der Waals surface area contributed by atoms with Gasteiger partial charge in [0.25, 0.3) is 0 Å². The Hall–Kier alpha value is -1.30. The van der Waals surface area contributed by atoms with Crippen LogP contribution in [0.5, 0.6) is 5.75 Å². The van der Waals surface area contributed by atoms with Gasteiger partial charge in [-0.05, 0) is 56.5 Å². The first-order valence-corrected chi connectivity index (χ1v) is 12.0. The van der Waals surface area contributed by atoms with Gasteiger partial charge in [-0.25, -0.2) is 0 Å². The number of anilines is 1. The lowest BCUT2D eigenvalue weighted by Crippen LogP contribution is -2.47. The van der Waals surface area contributed by atoms with Gasteiger partial charge in [-0.2, -0.15) is 0 Å². The summed E-state index contributed by atoms with van der Waals surface area (Å²) < 4.78 is 16.5. The maximum absolute atomic E-state index is 5.71. The first-order valence-electron chi connectivity index (χ1n) is 12.0. The summed E-state index contributed by atoms with van der Waals surface area (Å²) in [5.41, 5.74) is 1.28. The molecule has 0 spiro atoms. The molecule has 1 atom stereocenters. The van der Waals surface area contributed by atoms with Gasteiger partial charge in [-0.3, -0.25) is 9.89 Å². The fourth-order valence-corrected chi connectivity index (χ4v) is 4.12. The van der Waals surface area contributed by atoms with E-state index in [9.17, 15) is 0 Å². The zero-order chi connectivity index (χ0) is 22.4. The molecule has 0 bridgehead atoms. The SMILES string of the molecule is CN=C(NCCCOCC1CCCO1)NCCCN1CCN(c2ccc(OC)cc2)CC1.I. The zero-order valence-electron chi connectivity index (χ0n) is 20.3. The lowest BCUT2D eigenvalue weighted by Gasteiger charge is -2.36. The number of nitrogens with zero attached hydrogens (tertiary/aromatic N) is 3. The molecule has 0 saturated carbocycles. The van der Waals surface area contributed by atoms with Gasteiger partial charge in [0.15, 0.2) is 5.96 Å². The molecule has 1 aromatic carbocycles. The molecule has 9 heteroatoms. The summed E-state index contributed by atoms with van der Waals surface area (Å²) in [6.45, 7) is 9.60. The summed E-state index contributed by atoms with van der Waals surface area (Å²) in [7, 11) is 3.53. The molecule has 3 rings (SSSR count). The highest BCUT2D eigenvalue weighted by Crippen LogP contribution is 2.20. The zero-order valence-corrected chi connectivity index (χ0v) is 22.6. The van der Waals surface area contributed by atoms with E-state index >= 15 is 0 Å². The topological polar surface area (TPSA) is 70.6 Å². The molecule has 1 aromatic rings. The predicted octanol–water partition coefficient (Wildman–Crippen LogP) is 2.58. The van der Waals surface area contributed by atoms with Gasteiger partial charge in [0.2, 0.25) is 0 Å². The van der Waals surface area contributed by atoms with E-state index in [1.165, 1.54) is 5.69 Å². The molecule has 33 heavy (non-hydrogen) atoms. The monoisotopic (exact) mass is 575 g/mol. The standard InChI is InChI=1S/C24H41N5O3.HI/c1-25-24(27-12-5-18-31-20-23-6-3-19-32-23)26-11-4-13-28-14-16-29(17-15-28)21-7-9-22(30-2)10-8-21;/h7-10,23H,3-6,11-20H2,1-2H3,(H2,25,26,27);1H. The largest absolute Gasteiger partial charge is 0.497 e. The van der Waals surface area contributed by atoms with Crippen LogP contribution in [0.4, 0.5) is 5.69 Å². The van der Waals surface area contributed by atoms with E-state index in [0.717, 1.165) is 103 Å². The maximum Gasteiger partial charge on any atom is 0.190 e. The van der Waals surface area contributed by atoms with Crippen LogP contribution in [0.3, 0.4) is 0 Å². The Morgan fingerprint density at radius 2 is 1.82 bits per heavy atom. The third-order valence-electron chi connectivity index (χ3n) is 6.06. The van der Waals surface area contributed by atoms with Crippen LogP contribution >= 0.6 is 24.0 Å². The van der Waals surface area contributed by atoms with Gasteiger partial charge in [-0.1, -0.05) is 0 Å². The average Bonchev–Trinajstić information content (AvgIpc) is 3.36. The van der Waals surface area contributed by atoms with Crippen LogP contribution in [-0.2, 0) is 9.47 Å². The molecule has 0 aromatic heterocycles. The number of aliphatic imine (C=N–C) groups is 1. The summed E-state index contributed by atoms with van der Waals surface area (Å²) in [5.74, 6) is 1.78. The third-order valence-corrected chi connectivity index (χ3v) is 6.06. The smallest absolute Gasteiger partial charge is 0.190 e. The summed E-state index contributed by atoms with van der Waals surface area (Å²) in [6, 6.07) is 8.36. The molecule has 2 heterocycles. The Morgan fingerprint density at radius 1 is 1.09 bits per heavy atom. The molecule has 1 unspecified atom stereocenters. The number of hydrogen-bond acceptors (Lipinski definition) is 6. The Morgan fingerprint density at radius 3 is 2.45 bits per heavy atom. The molecule has 0 aliphatic carbocycles. The molecular weight excluding hydrogens is 533 g/mol. The Kier molecular flexibility index (Phi) is 13.8. The molecule has 188 valence electrons. The summed E-state index contributed by atoms with van der Waals surface area (Å²) in [6.07, 6.45) is 4.67. The number of rotatable bonds is 12. The fraction of sp³-hybridized carbons (Fsp3) is 0.708. The predicted molar refractivity (Wildman–Crippen MR) is 145 cm³/mol. The third kappa shape index (κ3) is 10.2. The number of benzene rings is 1. The van der Waals surface area contributed by atoms with E-state index in [1.807, 2.05) is 19.2 Å². The van der Waals surface area contributed by atoms with Crippen LogP contribution in [0, 0.1) is 0 Å². The second kappa shape index (κ2) is 16.3. The number of ether oxygens (including phenoxy) is 3. The van der Waals surface area contributed by atoms with Crippen molar-refractivity contribution in [2.24, 2.45) is 4.99 Å². The van der Waals surface area contributed by atoms with E-state index in [0.29, 0.717) is 6.10 Å². The van der Waals surface area contributed by atoms with Crippen molar-refractivity contribution in [1.82, 2.24) is 15.5 Å². The van der Waals surface area contributed by atoms with Gasteiger partial charge in [-0.15, -0.1) is 24.0 Å². The Balaban J connectivity index is 0.00000385. The number of methoxy groups -OCH3 is 1. The van der Waals surface area contributed by atoms with Crippen LogP contribution in [0.2, 0.25) is 0 Å². The number of guanidine groups is 1. The number of hydrogen-bond donors (Lipinski definition) is 2. The van der Waals surface area contributed by atoms with Crippen molar-refractivity contribution in [2.45, 2.75) is 31.8 Å². The Labute approximate surface area is 216 Å². The highest BCUT2D eigenvalue weighted by molar-refractivity contribution is 14.0. The summed E-state index contributed by atoms with van der Waals surface area (Å²) in [4.78, 5) is 9.31. The normalized spacial score (nSPS) is 19.3. The van der Waals surface area contributed by atoms with Gasteiger partial charge < -0.3 is 29.7 Å². The summed E-state index contributed by atoms with van der Waals surface area (Å²) in [5, 5.41) is 6.79. The van der Waals surface area contributed by atoms with Crippen LogP contribution < -0.4 is 20.3 Å². The quantitative estimate of drug-likeness (QED) is 0.172. The lowest BCUT2D eigenvalue weighted by molar-refractivity contribution is 0.0168. The van der Waals surface area contributed by atoms with Crippen molar-refractivity contribution >= 4 is 35.6 Å². The van der Waals surface area contributed by atoms with Gasteiger partial charge in [0.05, 0.1) is 19.8 Å². The van der Waals surface area contributed by atoms with Gasteiger partial charge in [0.1, 0.15) is 5.75 Å². The van der Waals surface area contributed by atoms with Crippen molar-refractivity contribution in [3.8, 4) is 5.75 Å². The van der Waals surface area contributed by atoms with Crippen molar-refractivity contribution in [3.63, 3.8) is 0 Å². The van der Waals surface area contributed by atoms with Crippen LogP contribution in [-0.4, -0.2) is 96.8 Å². The van der Waals surface area contributed by atoms with E-state index in [2.05, 4.69) is 37.6 Å². The van der Waals surface area contributed by atoms with Crippen LogP contribution in [0.15, 0.2) is 29.3 Å². The maximum atomic E-state index is 5.71. The first-order chi connectivity index (χ1) is 15.8. The molecule has 2 aliphatic rings. The minimum Gasteiger partial charge on any atom is -0.497 e. The van der Waals surface area contributed by atoms with E-state index in [-0.39, 0.29) is 24.0 Å². The number of piperazine rings is 1. The molecule has 2 fully saturated rings. The average molecular weight is 576 g/mol. The van der Waals surface area contributed by atoms with Crippen LogP contribution in [0.25, 0.3) is 0 Å². The van der Waals surface area contributed by atoms with E-state index in [4.69, 9.17) is 14.2 Å². The first kappa shape index (κ1) is 27.9. The molecule has 2 saturated heterocycles. The second-order valence-electron chi connectivity index (χ2n) is 8.37. The Bertz CT molecular complexity index is 663. The molecule has 2 N–H and O–H groups in total. The summed E-state index contributed by atoms with van der Waals surface area (Å²) >= 11 is 0. The highest BCUT2D eigenvalue weighted by Gasteiger charge is 2.17. The highest BCUT2D eigenvalue weighted by atomic mass is 127. The number of halogens is 1. The fourth-order valence-electron chi connectivity index (χ4n) is 4.12. The van der Waals surface area contributed by atoms with Crippen molar-refractivity contribution in [3.05, 3.63) is 24.3 Å². The van der Waals surface area contributed by atoms with Crippen molar-refractivity contribution in [2.75, 3.05) is 84.7 Å². The molecule has 2 aliphatic heterocycles. The molecule has 0 radical (unpaired) electrons. The van der Waals surface area contributed by atoms with Crippen molar-refractivity contribution in [1.29, 1.82) is 0 Å². The minimum atomic E-state index is 0. The minimum absolute atomic E-state index is 0.